The van der Waals surface area contributed by atoms with E-state index in [1.54, 1.807) is 18.3 Å². The number of rotatable bonds is 3. The third-order valence-corrected chi connectivity index (χ3v) is 2.72. The van der Waals surface area contributed by atoms with Gasteiger partial charge in [-0.1, -0.05) is 0 Å². The Kier molecular flexibility index (Phi) is 3.58. The molecule has 0 saturated heterocycles. The zero-order chi connectivity index (χ0) is 13.1. The Morgan fingerprint density at radius 2 is 2.06 bits per heavy atom. The van der Waals surface area contributed by atoms with Gasteiger partial charge in [-0.3, -0.25) is 4.98 Å². The van der Waals surface area contributed by atoms with Crippen LogP contribution in [0.5, 0.6) is 5.75 Å². The molecule has 1 heterocycles. The Morgan fingerprint density at radius 3 is 2.67 bits per heavy atom. The predicted octanol–water partition coefficient (Wildman–Crippen LogP) is 2.62. The number of halogens is 1. The average Bonchev–Trinajstić information content (AvgIpc) is 2.37. The fraction of sp³-hybridized carbons (Fsp3) is 0.214. The van der Waals surface area contributed by atoms with Crippen molar-refractivity contribution in [1.29, 1.82) is 0 Å². The summed E-state index contributed by atoms with van der Waals surface area (Å²) in [6, 6.07) is 7.91. The second-order valence-corrected chi connectivity index (χ2v) is 4.05. The van der Waals surface area contributed by atoms with E-state index in [-0.39, 0.29) is 5.56 Å². The van der Waals surface area contributed by atoms with Gasteiger partial charge in [-0.25, -0.2) is 4.39 Å². The van der Waals surface area contributed by atoms with E-state index in [4.69, 9.17) is 4.74 Å². The highest BCUT2D eigenvalue weighted by Gasteiger charge is 2.16. The van der Waals surface area contributed by atoms with Crippen molar-refractivity contribution in [2.24, 2.45) is 0 Å². The fourth-order valence-corrected chi connectivity index (χ4v) is 1.72. The minimum atomic E-state index is -1.07. The van der Waals surface area contributed by atoms with E-state index in [0.29, 0.717) is 11.4 Å². The van der Waals surface area contributed by atoms with Crippen molar-refractivity contribution in [1.82, 2.24) is 4.98 Å². The molecular formula is C14H14FNO2. The summed E-state index contributed by atoms with van der Waals surface area (Å²) in [6.45, 7) is 1.89. The van der Waals surface area contributed by atoms with Crippen LogP contribution in [0.2, 0.25) is 0 Å². The smallest absolute Gasteiger partial charge is 0.133 e. The molecule has 0 aliphatic carbocycles. The number of aryl methyl sites for hydroxylation is 1. The van der Waals surface area contributed by atoms with Crippen molar-refractivity contribution in [3.63, 3.8) is 0 Å². The van der Waals surface area contributed by atoms with E-state index < -0.39 is 11.9 Å². The fourth-order valence-electron chi connectivity index (χ4n) is 1.72. The Hall–Kier alpha value is -1.94. The number of hydrogen-bond acceptors (Lipinski definition) is 3. The average molecular weight is 247 g/mol. The Labute approximate surface area is 105 Å². The lowest BCUT2D eigenvalue weighted by Crippen LogP contribution is -2.05. The Morgan fingerprint density at radius 1 is 1.28 bits per heavy atom. The maximum Gasteiger partial charge on any atom is 0.133 e. The van der Waals surface area contributed by atoms with E-state index in [1.807, 2.05) is 13.0 Å². The van der Waals surface area contributed by atoms with E-state index in [0.717, 1.165) is 5.56 Å². The SMILES string of the molecule is COc1ccc(C(O)c2cc(C)ccn2)c(F)c1. The number of aliphatic hydroxyl groups excluding tert-OH is 1. The first-order chi connectivity index (χ1) is 8.61. The van der Waals surface area contributed by atoms with Crippen LogP contribution in [0.1, 0.15) is 22.9 Å². The summed E-state index contributed by atoms with van der Waals surface area (Å²) >= 11 is 0. The van der Waals surface area contributed by atoms with Gasteiger partial charge in [0.1, 0.15) is 17.7 Å². The van der Waals surface area contributed by atoms with Crippen LogP contribution in [-0.4, -0.2) is 17.2 Å². The van der Waals surface area contributed by atoms with Gasteiger partial charge in [-0.2, -0.15) is 0 Å². The highest BCUT2D eigenvalue weighted by atomic mass is 19.1. The van der Waals surface area contributed by atoms with E-state index in [1.165, 1.54) is 19.2 Å². The molecule has 3 nitrogen and oxygen atoms in total. The largest absolute Gasteiger partial charge is 0.497 e. The van der Waals surface area contributed by atoms with Crippen LogP contribution >= 0.6 is 0 Å². The third kappa shape index (κ3) is 2.49. The highest BCUT2D eigenvalue weighted by molar-refractivity contribution is 5.34. The molecule has 0 saturated carbocycles. The molecule has 0 aliphatic heterocycles. The Balaban J connectivity index is 2.37. The second-order valence-electron chi connectivity index (χ2n) is 4.05. The Bertz CT molecular complexity index is 557. The van der Waals surface area contributed by atoms with Gasteiger partial charge in [0.15, 0.2) is 0 Å². The minimum Gasteiger partial charge on any atom is -0.497 e. The summed E-state index contributed by atoms with van der Waals surface area (Å²) in [7, 11) is 1.47. The first kappa shape index (κ1) is 12.5. The molecule has 4 heteroatoms. The van der Waals surface area contributed by atoms with Crippen molar-refractivity contribution < 1.29 is 14.2 Å². The summed E-state index contributed by atoms with van der Waals surface area (Å²) < 4.78 is 18.7. The number of ether oxygens (including phenoxy) is 1. The summed E-state index contributed by atoms with van der Waals surface area (Å²) in [5.41, 5.74) is 1.58. The van der Waals surface area contributed by atoms with Crippen LogP contribution < -0.4 is 4.74 Å². The molecule has 0 fully saturated rings. The molecule has 1 atom stereocenters. The molecule has 2 rings (SSSR count). The third-order valence-electron chi connectivity index (χ3n) is 2.72. The normalized spacial score (nSPS) is 12.2. The first-order valence-electron chi connectivity index (χ1n) is 5.56. The number of pyridine rings is 1. The summed E-state index contributed by atoms with van der Waals surface area (Å²) in [5, 5.41) is 10.1. The molecule has 1 unspecified atom stereocenters. The number of benzene rings is 1. The number of aromatic nitrogens is 1. The van der Waals surface area contributed by atoms with Gasteiger partial charge in [-0.15, -0.1) is 0 Å². The summed E-state index contributed by atoms with van der Waals surface area (Å²) in [5.74, 6) is -0.0918. The molecule has 1 aromatic heterocycles. The lowest BCUT2D eigenvalue weighted by Gasteiger charge is -2.12. The monoisotopic (exact) mass is 247 g/mol. The van der Waals surface area contributed by atoms with Gasteiger partial charge in [0.25, 0.3) is 0 Å². The molecule has 0 amide bonds. The van der Waals surface area contributed by atoms with Crippen LogP contribution in [0.25, 0.3) is 0 Å². The number of hydrogen-bond donors (Lipinski definition) is 1. The van der Waals surface area contributed by atoms with Crippen molar-refractivity contribution in [2.45, 2.75) is 13.0 Å². The minimum absolute atomic E-state index is 0.189. The van der Waals surface area contributed by atoms with Crippen LogP contribution in [0.3, 0.4) is 0 Å². The van der Waals surface area contributed by atoms with Gasteiger partial charge >= 0.3 is 0 Å². The van der Waals surface area contributed by atoms with Crippen molar-refractivity contribution in [3.05, 3.63) is 59.2 Å². The van der Waals surface area contributed by atoms with Gasteiger partial charge in [0, 0.05) is 17.8 Å². The van der Waals surface area contributed by atoms with Crippen molar-refractivity contribution in [2.75, 3.05) is 7.11 Å². The van der Waals surface area contributed by atoms with Gasteiger partial charge in [0.05, 0.1) is 12.8 Å². The van der Waals surface area contributed by atoms with Crippen LogP contribution in [-0.2, 0) is 0 Å². The van der Waals surface area contributed by atoms with Crippen molar-refractivity contribution in [3.8, 4) is 5.75 Å². The zero-order valence-electron chi connectivity index (χ0n) is 10.2. The van der Waals surface area contributed by atoms with Crippen molar-refractivity contribution >= 4 is 0 Å². The molecule has 1 N–H and O–H groups in total. The predicted molar refractivity (Wildman–Crippen MR) is 66.0 cm³/mol. The molecule has 0 aliphatic rings. The topological polar surface area (TPSA) is 42.4 Å². The summed E-state index contributed by atoms with van der Waals surface area (Å²) in [6.07, 6.45) is 0.519. The van der Waals surface area contributed by atoms with Crippen LogP contribution in [0, 0.1) is 12.7 Å². The zero-order valence-corrected chi connectivity index (χ0v) is 10.2. The molecule has 0 spiro atoms. The molecule has 18 heavy (non-hydrogen) atoms. The van der Waals surface area contributed by atoms with Gasteiger partial charge < -0.3 is 9.84 Å². The van der Waals surface area contributed by atoms with Crippen LogP contribution in [0.15, 0.2) is 36.5 Å². The second kappa shape index (κ2) is 5.14. The molecule has 0 bridgehead atoms. The first-order valence-corrected chi connectivity index (χ1v) is 5.56. The van der Waals surface area contributed by atoms with E-state index in [2.05, 4.69) is 4.98 Å². The van der Waals surface area contributed by atoms with Crippen LogP contribution in [0.4, 0.5) is 4.39 Å². The maximum absolute atomic E-state index is 13.8. The van der Waals surface area contributed by atoms with E-state index >= 15 is 0 Å². The summed E-state index contributed by atoms with van der Waals surface area (Å²) in [4.78, 5) is 4.05. The number of nitrogens with zero attached hydrogens (tertiary/aromatic N) is 1. The van der Waals surface area contributed by atoms with Gasteiger partial charge in [-0.05, 0) is 36.8 Å². The number of methoxy groups -OCH3 is 1. The molecule has 0 radical (unpaired) electrons. The molecule has 94 valence electrons. The standard InChI is InChI=1S/C14H14FNO2/c1-9-5-6-16-13(7-9)14(17)11-4-3-10(18-2)8-12(11)15/h3-8,14,17H,1-2H3. The number of aliphatic hydroxyl groups is 1. The highest BCUT2D eigenvalue weighted by Crippen LogP contribution is 2.26. The maximum atomic E-state index is 13.8. The quantitative estimate of drug-likeness (QED) is 0.906. The van der Waals surface area contributed by atoms with Gasteiger partial charge in [0.2, 0.25) is 0 Å². The molecular weight excluding hydrogens is 233 g/mol. The molecule has 2 aromatic rings. The lowest BCUT2D eigenvalue weighted by atomic mass is 10.0. The van der Waals surface area contributed by atoms with E-state index in [9.17, 15) is 9.50 Å². The lowest BCUT2D eigenvalue weighted by molar-refractivity contribution is 0.209. The molecule has 1 aromatic carbocycles.